The highest BCUT2D eigenvalue weighted by atomic mass is 32.2. The zero-order valence-electron chi connectivity index (χ0n) is 10.9. The first-order chi connectivity index (χ1) is 9.19. The Labute approximate surface area is 116 Å². The van der Waals surface area contributed by atoms with Crippen LogP contribution in [0.4, 0.5) is 5.69 Å². The average molecular weight is 280 g/mol. The average Bonchev–Trinajstić information content (AvgIpc) is 2.92. The van der Waals surface area contributed by atoms with Crippen molar-refractivity contribution in [1.29, 1.82) is 0 Å². The minimum atomic E-state index is -1.04. The van der Waals surface area contributed by atoms with Crippen LogP contribution in [0.5, 0.6) is 0 Å². The number of nitrogens with two attached hydrogens (primary N) is 1. The van der Waals surface area contributed by atoms with Crippen LogP contribution in [-0.2, 0) is 22.1 Å². The fourth-order valence-electron chi connectivity index (χ4n) is 2.37. The Hall–Kier alpha value is -1.20. The van der Waals surface area contributed by atoms with Crippen LogP contribution in [0.15, 0.2) is 24.3 Å². The van der Waals surface area contributed by atoms with Gasteiger partial charge >= 0.3 is 0 Å². The van der Waals surface area contributed by atoms with Crippen LogP contribution in [0, 0.1) is 0 Å². The molecule has 19 heavy (non-hydrogen) atoms. The van der Waals surface area contributed by atoms with Crippen molar-refractivity contribution in [2.45, 2.75) is 37.5 Å². The molecule has 1 aromatic carbocycles. The van der Waals surface area contributed by atoms with E-state index in [-0.39, 0.29) is 16.9 Å². The molecule has 1 aliphatic rings. The maximum atomic E-state index is 12.0. The number of carbonyl (C=O) groups excluding carboxylic acids is 1. The monoisotopic (exact) mass is 280 g/mol. The van der Waals surface area contributed by atoms with E-state index < -0.39 is 10.8 Å². The minimum absolute atomic E-state index is 0.0948. The predicted octanol–water partition coefficient (Wildman–Crippen LogP) is 1.78. The second kappa shape index (κ2) is 6.82. The minimum Gasteiger partial charge on any atom is -0.326 e. The maximum absolute atomic E-state index is 12.0. The molecule has 0 heterocycles. The van der Waals surface area contributed by atoms with Crippen LogP contribution in [0.3, 0.4) is 0 Å². The first kappa shape index (κ1) is 14.2. The standard InChI is InChI=1S/C14H20N2O2S/c15-9-11-4-3-5-12(8-11)16-14(17)10-19(18)13-6-1-2-7-13/h3-5,8,13H,1-2,6-7,9-10,15H2,(H,16,17). The molecule has 1 atom stereocenters. The molecule has 3 N–H and O–H groups in total. The van der Waals surface area contributed by atoms with Gasteiger partial charge in [-0.3, -0.25) is 9.00 Å². The van der Waals surface area contributed by atoms with E-state index in [1.807, 2.05) is 24.3 Å². The summed E-state index contributed by atoms with van der Waals surface area (Å²) >= 11 is 0. The Bertz CT molecular complexity index is 470. The summed E-state index contributed by atoms with van der Waals surface area (Å²) in [4.78, 5) is 11.8. The number of hydrogen-bond acceptors (Lipinski definition) is 3. The Morgan fingerprint density at radius 3 is 2.79 bits per heavy atom. The van der Waals surface area contributed by atoms with E-state index in [0.717, 1.165) is 36.9 Å². The quantitative estimate of drug-likeness (QED) is 0.863. The fourth-order valence-corrected chi connectivity index (χ4v) is 3.80. The van der Waals surface area contributed by atoms with Crippen LogP contribution in [0.2, 0.25) is 0 Å². The fraction of sp³-hybridized carbons (Fsp3) is 0.500. The lowest BCUT2D eigenvalue weighted by molar-refractivity contribution is -0.113. The topological polar surface area (TPSA) is 72.2 Å². The van der Waals surface area contributed by atoms with E-state index in [9.17, 15) is 9.00 Å². The van der Waals surface area contributed by atoms with Gasteiger partial charge in [0.1, 0.15) is 5.75 Å². The second-order valence-corrected chi connectivity index (χ2v) is 6.60. The molecule has 1 unspecified atom stereocenters. The van der Waals surface area contributed by atoms with Crippen LogP contribution in [-0.4, -0.2) is 21.1 Å². The number of carbonyl (C=O) groups is 1. The molecule has 0 radical (unpaired) electrons. The van der Waals surface area contributed by atoms with Crippen molar-refractivity contribution in [2.75, 3.05) is 11.1 Å². The third-order valence-corrected chi connectivity index (χ3v) is 5.16. The van der Waals surface area contributed by atoms with Gasteiger partial charge in [-0.05, 0) is 30.5 Å². The van der Waals surface area contributed by atoms with E-state index in [0.29, 0.717) is 6.54 Å². The van der Waals surface area contributed by atoms with E-state index in [1.165, 1.54) is 0 Å². The zero-order valence-corrected chi connectivity index (χ0v) is 11.7. The molecule has 0 spiro atoms. The predicted molar refractivity (Wildman–Crippen MR) is 78.2 cm³/mol. The van der Waals surface area contributed by atoms with E-state index in [4.69, 9.17) is 5.73 Å². The molecule has 5 heteroatoms. The zero-order chi connectivity index (χ0) is 13.7. The third kappa shape index (κ3) is 4.14. The van der Waals surface area contributed by atoms with Crippen LogP contribution in [0.1, 0.15) is 31.2 Å². The third-order valence-electron chi connectivity index (χ3n) is 3.39. The van der Waals surface area contributed by atoms with Gasteiger partial charge in [0.05, 0.1) is 0 Å². The molecule has 1 aromatic rings. The van der Waals surface area contributed by atoms with Crippen molar-refractivity contribution >= 4 is 22.4 Å². The van der Waals surface area contributed by atoms with Gasteiger partial charge in [-0.15, -0.1) is 0 Å². The van der Waals surface area contributed by atoms with Crippen molar-refractivity contribution in [3.63, 3.8) is 0 Å². The molecule has 0 aromatic heterocycles. The summed E-state index contributed by atoms with van der Waals surface area (Å²) in [5, 5.41) is 2.99. The molecule has 2 rings (SSSR count). The van der Waals surface area contributed by atoms with Crippen molar-refractivity contribution in [2.24, 2.45) is 5.73 Å². The molecule has 104 valence electrons. The molecule has 0 bridgehead atoms. The van der Waals surface area contributed by atoms with Gasteiger partial charge in [-0.25, -0.2) is 0 Å². The van der Waals surface area contributed by atoms with E-state index in [2.05, 4.69) is 5.32 Å². The Morgan fingerprint density at radius 2 is 2.11 bits per heavy atom. The van der Waals surface area contributed by atoms with Gasteiger partial charge in [0, 0.05) is 28.3 Å². The van der Waals surface area contributed by atoms with Gasteiger partial charge in [0.25, 0.3) is 0 Å². The van der Waals surface area contributed by atoms with Crippen molar-refractivity contribution < 1.29 is 9.00 Å². The number of benzene rings is 1. The summed E-state index contributed by atoms with van der Waals surface area (Å²) in [7, 11) is -1.04. The summed E-state index contributed by atoms with van der Waals surface area (Å²) in [6.45, 7) is 0.442. The smallest absolute Gasteiger partial charge is 0.237 e. The Kier molecular flexibility index (Phi) is 5.10. The number of rotatable bonds is 5. The van der Waals surface area contributed by atoms with Gasteiger partial charge in [-0.2, -0.15) is 0 Å². The first-order valence-electron chi connectivity index (χ1n) is 6.65. The molecule has 1 fully saturated rings. The number of nitrogens with one attached hydrogen (secondary N) is 1. The maximum Gasteiger partial charge on any atom is 0.237 e. The largest absolute Gasteiger partial charge is 0.326 e. The molecule has 1 amide bonds. The summed E-state index contributed by atoms with van der Waals surface area (Å²) in [6, 6.07) is 7.42. The summed E-state index contributed by atoms with van der Waals surface area (Å²) in [5.41, 5.74) is 7.24. The molecule has 1 aliphatic carbocycles. The van der Waals surface area contributed by atoms with Crippen molar-refractivity contribution in [1.82, 2.24) is 0 Å². The molecular weight excluding hydrogens is 260 g/mol. The second-order valence-electron chi connectivity index (χ2n) is 4.88. The van der Waals surface area contributed by atoms with Crippen molar-refractivity contribution in [3.8, 4) is 0 Å². The summed E-state index contributed by atoms with van der Waals surface area (Å²) in [5.74, 6) is -0.0863. The number of amides is 1. The first-order valence-corrected chi connectivity index (χ1v) is 8.03. The molecular formula is C14H20N2O2S. The highest BCUT2D eigenvalue weighted by Gasteiger charge is 2.23. The molecule has 0 saturated heterocycles. The van der Waals surface area contributed by atoms with Gasteiger partial charge in [-0.1, -0.05) is 25.0 Å². The number of anilines is 1. The lowest BCUT2D eigenvalue weighted by atomic mass is 10.2. The van der Waals surface area contributed by atoms with Crippen LogP contribution in [0.25, 0.3) is 0 Å². The summed E-state index contributed by atoms with van der Waals surface area (Å²) in [6.07, 6.45) is 4.25. The van der Waals surface area contributed by atoms with Crippen molar-refractivity contribution in [3.05, 3.63) is 29.8 Å². The number of hydrogen-bond donors (Lipinski definition) is 2. The van der Waals surface area contributed by atoms with Gasteiger partial charge < -0.3 is 11.1 Å². The SMILES string of the molecule is NCc1cccc(NC(=O)CS(=O)C2CCCC2)c1. The highest BCUT2D eigenvalue weighted by molar-refractivity contribution is 7.86. The van der Waals surface area contributed by atoms with Gasteiger partial charge in [0.2, 0.25) is 5.91 Å². The van der Waals surface area contributed by atoms with Crippen LogP contribution < -0.4 is 11.1 Å². The summed E-state index contributed by atoms with van der Waals surface area (Å²) < 4.78 is 12.0. The highest BCUT2D eigenvalue weighted by Crippen LogP contribution is 2.23. The molecule has 4 nitrogen and oxygen atoms in total. The molecule has 0 aliphatic heterocycles. The van der Waals surface area contributed by atoms with E-state index >= 15 is 0 Å². The Morgan fingerprint density at radius 1 is 1.37 bits per heavy atom. The lowest BCUT2D eigenvalue weighted by Crippen LogP contribution is -2.24. The van der Waals surface area contributed by atoms with Gasteiger partial charge in [0.15, 0.2) is 0 Å². The normalized spacial score (nSPS) is 17.3. The molecule has 1 saturated carbocycles. The Balaban J connectivity index is 1.87. The van der Waals surface area contributed by atoms with E-state index in [1.54, 1.807) is 0 Å². The van der Waals surface area contributed by atoms with Crippen LogP contribution >= 0.6 is 0 Å². The lowest BCUT2D eigenvalue weighted by Gasteiger charge is -2.10.